The van der Waals surface area contributed by atoms with E-state index in [9.17, 15) is 0 Å². The summed E-state index contributed by atoms with van der Waals surface area (Å²) in [7, 11) is 0. The number of aryl methyl sites for hydroxylation is 1. The summed E-state index contributed by atoms with van der Waals surface area (Å²) in [5, 5.41) is 17.2. The molecule has 2 N–H and O–H groups in total. The Morgan fingerprint density at radius 2 is 2.10 bits per heavy atom. The van der Waals surface area contributed by atoms with Crippen molar-refractivity contribution >= 4 is 0 Å². The highest BCUT2D eigenvalue weighted by Crippen LogP contribution is 2.05. The lowest BCUT2D eigenvalue weighted by atomic mass is 10.3. The van der Waals surface area contributed by atoms with Gasteiger partial charge in [-0.3, -0.25) is 4.98 Å². The molecule has 0 fully saturated rings. The molecule has 1 rings (SSSR count). The monoisotopic (exact) mass is 139 g/mol. The third-order valence-corrected chi connectivity index (χ3v) is 1.20. The van der Waals surface area contributed by atoms with E-state index in [0.717, 1.165) is 5.56 Å². The Morgan fingerprint density at radius 3 is 2.50 bits per heavy atom. The van der Waals surface area contributed by atoms with Gasteiger partial charge in [-0.05, 0) is 18.6 Å². The van der Waals surface area contributed by atoms with E-state index in [-0.39, 0.29) is 5.69 Å². The number of aromatic nitrogens is 1. The highest BCUT2D eigenvalue weighted by atomic mass is 16.5. The normalized spacial score (nSPS) is 10.4. The fraction of sp³-hybridized carbons (Fsp3) is 0.286. The summed E-state index contributed by atoms with van der Waals surface area (Å²) in [5.41, 5.74) is 1.29. The van der Waals surface area contributed by atoms with Crippen LogP contribution in [0.5, 0.6) is 0 Å². The minimum atomic E-state index is -1.46. The molecule has 0 saturated carbocycles. The van der Waals surface area contributed by atoms with Crippen LogP contribution in [0.2, 0.25) is 0 Å². The van der Waals surface area contributed by atoms with Crippen LogP contribution in [0.4, 0.5) is 0 Å². The van der Waals surface area contributed by atoms with Crippen molar-refractivity contribution in [3.63, 3.8) is 0 Å². The van der Waals surface area contributed by atoms with Crippen molar-refractivity contribution < 1.29 is 10.2 Å². The minimum Gasteiger partial charge on any atom is -0.363 e. The molecule has 0 saturated heterocycles. The lowest BCUT2D eigenvalue weighted by Gasteiger charge is -2.00. The van der Waals surface area contributed by atoms with Crippen molar-refractivity contribution in [1.82, 2.24) is 4.98 Å². The molecule has 3 nitrogen and oxygen atoms in total. The highest BCUT2D eigenvalue weighted by molar-refractivity contribution is 5.12. The van der Waals surface area contributed by atoms with E-state index in [4.69, 9.17) is 10.2 Å². The lowest BCUT2D eigenvalue weighted by molar-refractivity contribution is -0.0458. The second-order valence-corrected chi connectivity index (χ2v) is 2.13. The van der Waals surface area contributed by atoms with Crippen LogP contribution in [0.1, 0.15) is 17.5 Å². The Kier molecular flexibility index (Phi) is 1.99. The molecular formula is C7H9NO2. The quantitative estimate of drug-likeness (QED) is 0.553. The summed E-state index contributed by atoms with van der Waals surface area (Å²) in [6, 6.07) is 3.36. The van der Waals surface area contributed by atoms with Crippen molar-refractivity contribution in [2.45, 2.75) is 13.2 Å². The van der Waals surface area contributed by atoms with Crippen LogP contribution in [0.15, 0.2) is 18.3 Å². The summed E-state index contributed by atoms with van der Waals surface area (Å²) in [5.74, 6) is 0. The molecule has 0 amide bonds. The molecule has 0 aromatic carbocycles. The van der Waals surface area contributed by atoms with Gasteiger partial charge >= 0.3 is 0 Å². The maximum absolute atomic E-state index is 8.61. The van der Waals surface area contributed by atoms with Crippen LogP contribution in [0.3, 0.4) is 0 Å². The molecule has 0 radical (unpaired) electrons. The summed E-state index contributed by atoms with van der Waals surface area (Å²) in [6.45, 7) is 1.89. The smallest absolute Gasteiger partial charge is 0.196 e. The first-order chi connectivity index (χ1) is 4.70. The van der Waals surface area contributed by atoms with Gasteiger partial charge in [0.15, 0.2) is 6.29 Å². The maximum Gasteiger partial charge on any atom is 0.196 e. The van der Waals surface area contributed by atoms with Crippen LogP contribution in [-0.4, -0.2) is 15.2 Å². The number of hydrogen-bond donors (Lipinski definition) is 2. The van der Waals surface area contributed by atoms with Crippen LogP contribution < -0.4 is 0 Å². The number of nitrogens with zero attached hydrogens (tertiary/aromatic N) is 1. The number of aliphatic hydroxyl groups is 2. The largest absolute Gasteiger partial charge is 0.363 e. The topological polar surface area (TPSA) is 53.4 Å². The third kappa shape index (κ3) is 1.52. The molecule has 10 heavy (non-hydrogen) atoms. The van der Waals surface area contributed by atoms with Gasteiger partial charge in [0.25, 0.3) is 0 Å². The first kappa shape index (κ1) is 7.18. The highest BCUT2D eigenvalue weighted by Gasteiger charge is 2.00. The van der Waals surface area contributed by atoms with Gasteiger partial charge in [-0.2, -0.15) is 0 Å². The van der Waals surface area contributed by atoms with Gasteiger partial charge in [0.2, 0.25) is 0 Å². The van der Waals surface area contributed by atoms with Gasteiger partial charge in [0.05, 0.1) is 5.69 Å². The van der Waals surface area contributed by atoms with Crippen molar-refractivity contribution in [1.29, 1.82) is 0 Å². The zero-order chi connectivity index (χ0) is 7.56. The second kappa shape index (κ2) is 2.77. The van der Waals surface area contributed by atoms with E-state index in [0.29, 0.717) is 0 Å². The van der Waals surface area contributed by atoms with E-state index in [1.807, 2.05) is 6.92 Å². The molecule has 0 aliphatic rings. The zero-order valence-electron chi connectivity index (χ0n) is 5.65. The van der Waals surface area contributed by atoms with Crippen LogP contribution in [0, 0.1) is 6.92 Å². The first-order valence-corrected chi connectivity index (χ1v) is 2.99. The average Bonchev–Trinajstić information content (AvgIpc) is 1.88. The summed E-state index contributed by atoms with van der Waals surface area (Å²) in [4.78, 5) is 3.78. The number of pyridine rings is 1. The Balaban J connectivity index is 2.89. The average molecular weight is 139 g/mol. The van der Waals surface area contributed by atoms with Gasteiger partial charge in [0.1, 0.15) is 0 Å². The third-order valence-electron chi connectivity index (χ3n) is 1.20. The lowest BCUT2D eigenvalue weighted by Crippen LogP contribution is -1.97. The minimum absolute atomic E-state index is 0.283. The van der Waals surface area contributed by atoms with Crippen LogP contribution in [-0.2, 0) is 0 Å². The van der Waals surface area contributed by atoms with Gasteiger partial charge < -0.3 is 10.2 Å². The molecule has 0 unspecified atom stereocenters. The van der Waals surface area contributed by atoms with Gasteiger partial charge in [-0.25, -0.2) is 0 Å². The van der Waals surface area contributed by atoms with Crippen LogP contribution in [0.25, 0.3) is 0 Å². The second-order valence-electron chi connectivity index (χ2n) is 2.13. The van der Waals surface area contributed by atoms with Crippen molar-refractivity contribution in [3.8, 4) is 0 Å². The maximum atomic E-state index is 8.61. The number of aliphatic hydroxyl groups excluding tert-OH is 1. The summed E-state index contributed by atoms with van der Waals surface area (Å²) < 4.78 is 0. The van der Waals surface area contributed by atoms with Crippen LogP contribution >= 0.6 is 0 Å². The van der Waals surface area contributed by atoms with Crippen molar-refractivity contribution in [3.05, 3.63) is 29.6 Å². The molecule has 1 aromatic rings. The molecule has 3 heteroatoms. The molecule has 0 spiro atoms. The van der Waals surface area contributed by atoms with Gasteiger partial charge in [-0.15, -0.1) is 0 Å². The Bertz CT molecular complexity index is 205. The zero-order valence-corrected chi connectivity index (χ0v) is 5.65. The van der Waals surface area contributed by atoms with E-state index >= 15 is 0 Å². The SMILES string of the molecule is Cc1ccc(C(O)O)nc1. The molecule has 1 heterocycles. The first-order valence-electron chi connectivity index (χ1n) is 2.99. The van der Waals surface area contributed by atoms with E-state index in [2.05, 4.69) is 4.98 Å². The molecule has 1 aromatic heterocycles. The molecule has 0 aliphatic heterocycles. The van der Waals surface area contributed by atoms with E-state index < -0.39 is 6.29 Å². The molecule has 0 aliphatic carbocycles. The fourth-order valence-corrected chi connectivity index (χ4v) is 0.632. The van der Waals surface area contributed by atoms with E-state index in [1.165, 1.54) is 0 Å². The number of hydrogen-bond acceptors (Lipinski definition) is 3. The summed E-state index contributed by atoms with van der Waals surface area (Å²) in [6.07, 6.45) is 0.134. The Labute approximate surface area is 59.0 Å². The Morgan fingerprint density at radius 1 is 1.40 bits per heavy atom. The van der Waals surface area contributed by atoms with E-state index in [1.54, 1.807) is 18.3 Å². The Hall–Kier alpha value is -0.930. The standard InChI is InChI=1S/C7H9NO2/c1-5-2-3-6(7(9)10)8-4-5/h2-4,7,9-10H,1H3. The predicted octanol–water partition coefficient (Wildman–Crippen LogP) is 0.373. The van der Waals surface area contributed by atoms with Crippen molar-refractivity contribution in [2.75, 3.05) is 0 Å². The molecule has 54 valence electrons. The van der Waals surface area contributed by atoms with Crippen molar-refractivity contribution in [2.24, 2.45) is 0 Å². The fourth-order valence-electron chi connectivity index (χ4n) is 0.632. The number of rotatable bonds is 1. The molecular weight excluding hydrogens is 130 g/mol. The van der Waals surface area contributed by atoms with Gasteiger partial charge in [0, 0.05) is 6.20 Å². The molecule has 0 bridgehead atoms. The van der Waals surface area contributed by atoms with Gasteiger partial charge in [-0.1, -0.05) is 6.07 Å². The molecule has 0 atom stereocenters. The summed E-state index contributed by atoms with van der Waals surface area (Å²) >= 11 is 0. The predicted molar refractivity (Wildman–Crippen MR) is 36.2 cm³/mol.